The van der Waals surface area contributed by atoms with Crippen LogP contribution in [0.4, 0.5) is 5.69 Å². The Morgan fingerprint density at radius 3 is 2.76 bits per heavy atom. The molecule has 1 fully saturated rings. The summed E-state index contributed by atoms with van der Waals surface area (Å²) in [6.07, 6.45) is 6.53. The van der Waals surface area contributed by atoms with Crippen molar-refractivity contribution >= 4 is 28.8 Å². The average Bonchev–Trinajstić information content (AvgIpc) is 3.22. The molecule has 33 heavy (non-hydrogen) atoms. The number of ether oxygens (including phenoxy) is 1. The van der Waals surface area contributed by atoms with E-state index in [0.29, 0.717) is 23.5 Å². The molecular weight excluding hydrogens is 416 g/mol. The third-order valence-electron chi connectivity index (χ3n) is 6.99. The third-order valence-corrected chi connectivity index (χ3v) is 6.99. The molecule has 0 spiro atoms. The van der Waals surface area contributed by atoms with Crippen molar-refractivity contribution in [2.45, 2.75) is 57.1 Å². The van der Waals surface area contributed by atoms with Crippen molar-refractivity contribution in [1.29, 1.82) is 0 Å². The number of hydrogen-bond acceptors (Lipinski definition) is 5. The van der Waals surface area contributed by atoms with E-state index in [4.69, 9.17) is 4.74 Å². The topological polar surface area (TPSA) is 88.5 Å². The van der Waals surface area contributed by atoms with Gasteiger partial charge in [0.1, 0.15) is 18.6 Å². The number of rotatable bonds is 8. The van der Waals surface area contributed by atoms with Crippen LogP contribution < -0.4 is 10.1 Å². The quantitative estimate of drug-likeness (QED) is 0.439. The fraction of sp³-hybridized carbons (Fsp3) is 0.370. The van der Waals surface area contributed by atoms with Crippen molar-refractivity contribution in [3.8, 4) is 5.75 Å². The van der Waals surface area contributed by atoms with Crippen LogP contribution in [0.3, 0.4) is 0 Å². The molecule has 1 saturated carbocycles. The summed E-state index contributed by atoms with van der Waals surface area (Å²) in [6, 6.07) is 15.8. The van der Waals surface area contributed by atoms with Crippen LogP contribution in [0.5, 0.6) is 5.75 Å². The summed E-state index contributed by atoms with van der Waals surface area (Å²) in [6.45, 7) is 0.276. The highest BCUT2D eigenvalue weighted by molar-refractivity contribution is 5.82. The second-order valence-corrected chi connectivity index (χ2v) is 9.07. The smallest absolute Gasteiger partial charge is 0.311 e. The number of carboxylic acids is 1. The summed E-state index contributed by atoms with van der Waals surface area (Å²) in [7, 11) is 0. The van der Waals surface area contributed by atoms with E-state index >= 15 is 0 Å². The Kier molecular flexibility index (Phi) is 5.99. The molecule has 6 heteroatoms. The Hall–Kier alpha value is -3.41. The van der Waals surface area contributed by atoms with Crippen LogP contribution in [-0.4, -0.2) is 22.3 Å². The Bertz CT molecular complexity index is 1190. The van der Waals surface area contributed by atoms with Gasteiger partial charge in [-0.05, 0) is 54.2 Å². The number of carbonyl (C=O) groups excluding carboxylic acids is 1. The van der Waals surface area contributed by atoms with Gasteiger partial charge in [0.15, 0.2) is 0 Å². The van der Waals surface area contributed by atoms with Crippen molar-refractivity contribution in [2.24, 2.45) is 5.92 Å². The lowest BCUT2D eigenvalue weighted by atomic mass is 9.79. The fourth-order valence-corrected chi connectivity index (χ4v) is 5.30. The molecule has 1 aliphatic heterocycles. The minimum absolute atomic E-state index is 0.0509. The monoisotopic (exact) mass is 444 g/mol. The molecule has 2 N–H and O–H groups in total. The molecule has 170 valence electrons. The van der Waals surface area contributed by atoms with Gasteiger partial charge < -0.3 is 20.0 Å². The zero-order valence-electron chi connectivity index (χ0n) is 18.5. The highest BCUT2D eigenvalue weighted by Crippen LogP contribution is 2.48. The molecule has 2 atom stereocenters. The molecule has 0 radical (unpaired) electrons. The predicted octanol–water partition coefficient (Wildman–Crippen LogP) is 5.62. The van der Waals surface area contributed by atoms with Crippen molar-refractivity contribution in [2.75, 3.05) is 5.32 Å². The van der Waals surface area contributed by atoms with E-state index in [0.717, 1.165) is 40.7 Å². The van der Waals surface area contributed by atoms with E-state index in [1.165, 1.54) is 19.3 Å². The maximum absolute atomic E-state index is 12.0. The van der Waals surface area contributed by atoms with E-state index in [1.807, 2.05) is 48.5 Å². The molecule has 0 saturated heterocycles. The van der Waals surface area contributed by atoms with Gasteiger partial charge in [0.2, 0.25) is 0 Å². The van der Waals surface area contributed by atoms with Gasteiger partial charge >= 0.3 is 5.97 Å². The van der Waals surface area contributed by atoms with Crippen LogP contribution in [0, 0.1) is 5.92 Å². The predicted molar refractivity (Wildman–Crippen MR) is 127 cm³/mol. The maximum Gasteiger partial charge on any atom is 0.311 e. The number of aromatic nitrogens is 1. The summed E-state index contributed by atoms with van der Waals surface area (Å²) in [4.78, 5) is 28.0. The highest BCUT2D eigenvalue weighted by atomic mass is 16.5. The first-order chi connectivity index (χ1) is 16.1. The van der Waals surface area contributed by atoms with Crippen molar-refractivity contribution in [1.82, 2.24) is 4.98 Å². The molecule has 2 unspecified atom stereocenters. The van der Waals surface area contributed by atoms with Crippen LogP contribution in [0.25, 0.3) is 10.9 Å². The lowest BCUT2D eigenvalue weighted by Crippen LogP contribution is -2.22. The van der Waals surface area contributed by atoms with Crippen molar-refractivity contribution < 1.29 is 19.4 Å². The van der Waals surface area contributed by atoms with Crippen LogP contribution in [0.1, 0.15) is 67.3 Å². The van der Waals surface area contributed by atoms with Crippen LogP contribution in [0.2, 0.25) is 0 Å². The van der Waals surface area contributed by atoms with Gasteiger partial charge in [-0.15, -0.1) is 0 Å². The van der Waals surface area contributed by atoms with Crippen molar-refractivity contribution in [3.05, 3.63) is 65.4 Å². The number of pyridine rings is 1. The van der Waals surface area contributed by atoms with Gasteiger partial charge in [-0.2, -0.15) is 0 Å². The van der Waals surface area contributed by atoms with E-state index in [9.17, 15) is 14.7 Å². The van der Waals surface area contributed by atoms with Gasteiger partial charge in [-0.25, -0.2) is 4.98 Å². The third kappa shape index (κ3) is 4.30. The minimum Gasteiger partial charge on any atom is -0.485 e. The number of carbonyl (C=O) groups is 2. The molecule has 1 aromatic heterocycles. The average molecular weight is 445 g/mol. The zero-order chi connectivity index (χ0) is 22.8. The molecule has 5 rings (SSSR count). The summed E-state index contributed by atoms with van der Waals surface area (Å²) in [5.74, 6) is -0.793. The molecular formula is C27H28N2O4. The molecule has 2 aromatic carbocycles. The molecule has 0 amide bonds. The normalized spacial score (nSPS) is 18.6. The Labute approximate surface area is 193 Å². The SMILES string of the molecule is O=CCC(C(=O)O)c1cc(OCc2ccc3ccccc3n2)c2cc1C(C1CCCCC1)N2. The number of para-hydroxylation sites is 1. The number of nitrogens with zero attached hydrogens (tertiary/aromatic N) is 1. The Morgan fingerprint density at radius 2 is 1.97 bits per heavy atom. The van der Waals surface area contributed by atoms with Crippen LogP contribution in [0.15, 0.2) is 48.5 Å². The van der Waals surface area contributed by atoms with Gasteiger partial charge in [0.05, 0.1) is 28.9 Å². The molecule has 2 heterocycles. The Balaban J connectivity index is 1.45. The number of aliphatic carboxylic acids is 1. The molecule has 3 aromatic rings. The number of fused-ring (bicyclic) bond motifs is 3. The fourth-order valence-electron chi connectivity index (χ4n) is 5.30. The summed E-state index contributed by atoms with van der Waals surface area (Å²) >= 11 is 0. The molecule has 6 nitrogen and oxygen atoms in total. The van der Waals surface area contributed by atoms with Gasteiger partial charge in [-0.3, -0.25) is 4.79 Å². The highest BCUT2D eigenvalue weighted by Gasteiger charge is 2.36. The largest absolute Gasteiger partial charge is 0.485 e. The van der Waals surface area contributed by atoms with Crippen molar-refractivity contribution in [3.63, 3.8) is 0 Å². The van der Waals surface area contributed by atoms with Gasteiger partial charge in [-0.1, -0.05) is 43.5 Å². The van der Waals surface area contributed by atoms with Gasteiger partial charge in [0, 0.05) is 11.8 Å². The lowest BCUT2D eigenvalue weighted by molar-refractivity contribution is -0.139. The molecule has 2 bridgehead atoms. The minimum atomic E-state index is -0.984. The van der Waals surface area contributed by atoms with Gasteiger partial charge in [0.25, 0.3) is 0 Å². The number of anilines is 1. The number of aldehydes is 1. The van der Waals surface area contributed by atoms with Crippen LogP contribution >= 0.6 is 0 Å². The first kappa shape index (κ1) is 21.4. The van der Waals surface area contributed by atoms with E-state index in [2.05, 4.69) is 10.3 Å². The number of nitrogens with one attached hydrogen (secondary N) is 1. The zero-order valence-corrected chi connectivity index (χ0v) is 18.5. The number of benzene rings is 2. The second-order valence-electron chi connectivity index (χ2n) is 9.07. The molecule has 1 aliphatic carbocycles. The summed E-state index contributed by atoms with van der Waals surface area (Å²) < 4.78 is 6.17. The van der Waals surface area contributed by atoms with E-state index in [1.54, 1.807) is 0 Å². The summed E-state index contributed by atoms with van der Waals surface area (Å²) in [5, 5.41) is 14.5. The number of carboxylic acid groups (broad SMARTS) is 1. The second kappa shape index (κ2) is 9.22. The van der Waals surface area contributed by atoms with E-state index in [-0.39, 0.29) is 19.1 Å². The maximum atomic E-state index is 12.0. The Morgan fingerprint density at radius 1 is 1.15 bits per heavy atom. The summed E-state index contributed by atoms with van der Waals surface area (Å²) in [5.41, 5.74) is 4.28. The standard InChI is InChI=1S/C27H28N2O4/c30-13-12-20(27(31)32)21-15-25(24-14-22(21)26(29-24)18-7-2-1-3-8-18)33-16-19-11-10-17-6-4-5-9-23(17)28-19/h4-6,9-11,13-15,18,20,26,29H,1-3,7-8,12,16H2,(H,31,32). The van der Waals surface area contributed by atoms with Crippen LogP contribution in [-0.2, 0) is 16.2 Å². The molecule has 2 aliphatic rings. The lowest BCUT2D eigenvalue weighted by Gasteiger charge is -2.29. The first-order valence-corrected chi connectivity index (χ1v) is 11.7. The van der Waals surface area contributed by atoms with E-state index < -0.39 is 11.9 Å². The number of hydrogen-bond donors (Lipinski definition) is 2. The first-order valence-electron chi connectivity index (χ1n) is 11.7.